The molecule has 0 amide bonds. The van der Waals surface area contributed by atoms with E-state index in [-0.39, 0.29) is 17.2 Å². The van der Waals surface area contributed by atoms with Crippen LogP contribution >= 0.6 is 11.5 Å². The van der Waals surface area contributed by atoms with Crippen molar-refractivity contribution in [3.8, 4) is 11.3 Å². The second-order valence-corrected chi connectivity index (χ2v) is 7.63. The van der Waals surface area contributed by atoms with Crippen LogP contribution in [0.1, 0.15) is 31.7 Å². The predicted molar refractivity (Wildman–Crippen MR) is 103 cm³/mol. The summed E-state index contributed by atoms with van der Waals surface area (Å²) in [6, 6.07) is 7.51. The minimum atomic E-state index is -0.260. The van der Waals surface area contributed by atoms with E-state index >= 15 is 0 Å². The quantitative estimate of drug-likeness (QED) is 0.590. The maximum atomic E-state index is 12.9. The average molecular weight is 364 g/mol. The lowest BCUT2D eigenvalue weighted by molar-refractivity contribution is 0.546. The van der Waals surface area contributed by atoms with Crippen LogP contribution in [0, 0.1) is 0 Å². The van der Waals surface area contributed by atoms with Crippen LogP contribution in [0.2, 0.25) is 0 Å². The van der Waals surface area contributed by atoms with Crippen molar-refractivity contribution in [2.45, 2.75) is 31.7 Å². The van der Waals surface area contributed by atoms with Crippen molar-refractivity contribution in [2.24, 2.45) is 0 Å². The van der Waals surface area contributed by atoms with Crippen molar-refractivity contribution in [3.63, 3.8) is 0 Å². The highest BCUT2D eigenvalue weighted by Crippen LogP contribution is 2.34. The molecule has 0 unspecified atom stereocenters. The van der Waals surface area contributed by atoms with E-state index in [4.69, 9.17) is 0 Å². The summed E-state index contributed by atoms with van der Waals surface area (Å²) in [5.74, 6) is 0. The van der Waals surface area contributed by atoms with Crippen LogP contribution in [0.15, 0.2) is 46.2 Å². The Labute approximate surface area is 152 Å². The van der Waals surface area contributed by atoms with E-state index in [0.29, 0.717) is 27.7 Å². The van der Waals surface area contributed by atoms with Gasteiger partial charge in [0, 0.05) is 17.8 Å². The molecule has 6 nitrogen and oxygen atoms in total. The van der Waals surface area contributed by atoms with E-state index in [9.17, 15) is 9.59 Å². The molecule has 0 spiro atoms. The monoisotopic (exact) mass is 364 g/mol. The molecule has 7 heteroatoms. The van der Waals surface area contributed by atoms with Crippen molar-refractivity contribution in [1.82, 2.24) is 18.9 Å². The fourth-order valence-electron chi connectivity index (χ4n) is 3.74. The predicted octanol–water partition coefficient (Wildman–Crippen LogP) is 3.48. The number of hydrogen-bond donors (Lipinski definition) is 1. The van der Waals surface area contributed by atoms with E-state index < -0.39 is 0 Å². The van der Waals surface area contributed by atoms with E-state index in [2.05, 4.69) is 15.0 Å². The molecule has 0 radical (unpaired) electrons. The number of nitrogens with one attached hydrogen (secondary N) is 1. The number of benzene rings is 1. The number of aromatic nitrogens is 4. The first-order valence-electron chi connectivity index (χ1n) is 8.71. The third kappa shape index (κ3) is 2.31. The Morgan fingerprint density at radius 3 is 2.85 bits per heavy atom. The van der Waals surface area contributed by atoms with E-state index in [1.807, 2.05) is 22.2 Å². The molecule has 4 aromatic rings. The van der Waals surface area contributed by atoms with Gasteiger partial charge in [-0.3, -0.25) is 18.5 Å². The first-order chi connectivity index (χ1) is 12.7. The van der Waals surface area contributed by atoms with Crippen molar-refractivity contribution in [1.29, 1.82) is 0 Å². The van der Waals surface area contributed by atoms with Crippen LogP contribution in [-0.2, 0) is 0 Å². The van der Waals surface area contributed by atoms with Crippen molar-refractivity contribution in [2.75, 3.05) is 0 Å². The first-order valence-corrected chi connectivity index (χ1v) is 9.48. The van der Waals surface area contributed by atoms with Gasteiger partial charge in [-0.2, -0.15) is 0 Å². The summed E-state index contributed by atoms with van der Waals surface area (Å²) < 4.78 is 2.71. The summed E-state index contributed by atoms with van der Waals surface area (Å²) in [4.78, 5) is 36.9. The molecule has 0 aliphatic heterocycles. The lowest BCUT2D eigenvalue weighted by atomic mass is 10.1. The lowest BCUT2D eigenvalue weighted by Crippen LogP contribution is -2.16. The van der Waals surface area contributed by atoms with Gasteiger partial charge >= 0.3 is 0 Å². The van der Waals surface area contributed by atoms with E-state index in [1.54, 1.807) is 18.5 Å². The molecule has 130 valence electrons. The molecule has 1 aliphatic carbocycles. The fourth-order valence-corrected chi connectivity index (χ4v) is 5.00. The van der Waals surface area contributed by atoms with Crippen LogP contribution in [0.4, 0.5) is 0 Å². The second kappa shape index (κ2) is 5.88. The summed E-state index contributed by atoms with van der Waals surface area (Å²) in [7, 11) is 0. The summed E-state index contributed by atoms with van der Waals surface area (Å²) in [5.41, 5.74) is 2.09. The number of nitrogens with zero attached hydrogens (tertiary/aromatic N) is 3. The molecule has 0 bridgehead atoms. The number of aromatic amines is 1. The van der Waals surface area contributed by atoms with E-state index in [0.717, 1.165) is 30.4 Å². The Hall–Kier alpha value is -2.80. The Kier molecular flexibility index (Phi) is 3.49. The van der Waals surface area contributed by atoms with Gasteiger partial charge in [0.15, 0.2) is 0 Å². The maximum absolute atomic E-state index is 12.9. The van der Waals surface area contributed by atoms with Gasteiger partial charge in [-0.1, -0.05) is 36.5 Å². The largest absolute Gasteiger partial charge is 0.319 e. The lowest BCUT2D eigenvalue weighted by Gasteiger charge is -2.07. The third-order valence-electron chi connectivity index (χ3n) is 5.04. The molecule has 0 atom stereocenters. The van der Waals surface area contributed by atoms with Gasteiger partial charge in [0.2, 0.25) is 0 Å². The van der Waals surface area contributed by atoms with Crippen molar-refractivity contribution >= 4 is 32.7 Å². The van der Waals surface area contributed by atoms with Gasteiger partial charge in [0.1, 0.15) is 11.2 Å². The highest BCUT2D eigenvalue weighted by Gasteiger charge is 2.22. The number of pyridine rings is 1. The van der Waals surface area contributed by atoms with Gasteiger partial charge in [0.05, 0.1) is 21.8 Å². The number of rotatable bonds is 2. The normalized spacial score (nSPS) is 15.2. The highest BCUT2D eigenvalue weighted by atomic mass is 32.1. The third-order valence-corrected chi connectivity index (χ3v) is 6.33. The molecule has 1 N–H and O–H groups in total. The molecule has 3 aromatic heterocycles. The highest BCUT2D eigenvalue weighted by molar-refractivity contribution is 7.14. The molecular weight excluding hydrogens is 348 g/mol. The number of fused-ring (bicyclic) bond motifs is 2. The Morgan fingerprint density at radius 1 is 1.15 bits per heavy atom. The number of H-pyrrole nitrogens is 1. The fraction of sp³-hybridized carbons (Fsp3) is 0.263. The van der Waals surface area contributed by atoms with Crippen LogP contribution in [0.5, 0.6) is 0 Å². The topological polar surface area (TPSA) is 80.6 Å². The SMILES string of the molecule is O=c1[nH]c2ccncc2nc1-c1cccc2c(=O)n(C3CCCC3)sc12. The molecule has 5 rings (SSSR count). The minimum absolute atomic E-state index is 0.0395. The van der Waals surface area contributed by atoms with Crippen molar-refractivity contribution < 1.29 is 0 Å². The Balaban J connectivity index is 1.77. The molecule has 1 aromatic carbocycles. The summed E-state index contributed by atoms with van der Waals surface area (Å²) in [6.45, 7) is 0. The number of hydrogen-bond acceptors (Lipinski definition) is 5. The van der Waals surface area contributed by atoms with Gasteiger partial charge in [-0.25, -0.2) is 4.98 Å². The summed E-state index contributed by atoms with van der Waals surface area (Å²) in [6.07, 6.45) is 7.66. The maximum Gasteiger partial charge on any atom is 0.275 e. The zero-order chi connectivity index (χ0) is 17.7. The first kappa shape index (κ1) is 15.5. The smallest absolute Gasteiger partial charge is 0.275 e. The molecule has 3 heterocycles. The van der Waals surface area contributed by atoms with Gasteiger partial charge in [-0.05, 0) is 25.0 Å². The second-order valence-electron chi connectivity index (χ2n) is 6.65. The molecule has 26 heavy (non-hydrogen) atoms. The van der Waals surface area contributed by atoms with Gasteiger partial charge < -0.3 is 4.98 Å². The summed E-state index contributed by atoms with van der Waals surface area (Å²) >= 11 is 1.45. The van der Waals surface area contributed by atoms with Crippen LogP contribution in [0.3, 0.4) is 0 Å². The Bertz CT molecular complexity index is 1250. The average Bonchev–Trinajstić information content (AvgIpc) is 3.29. The zero-order valence-corrected chi connectivity index (χ0v) is 14.8. The molecule has 1 fully saturated rings. The molecule has 1 saturated carbocycles. The van der Waals surface area contributed by atoms with Crippen molar-refractivity contribution in [3.05, 3.63) is 57.4 Å². The standard InChI is InChI=1S/C19H16N4O2S/c24-18-16(21-15-10-20-9-8-14(15)22-18)12-6-3-7-13-17(12)26-23(19(13)25)11-4-1-2-5-11/h3,6-11H,1-2,4-5H2,(H,22,24). The zero-order valence-electron chi connectivity index (χ0n) is 13.9. The van der Waals surface area contributed by atoms with Crippen LogP contribution in [-0.4, -0.2) is 18.9 Å². The molecular formula is C19H16N4O2S. The van der Waals surface area contributed by atoms with Gasteiger partial charge in [0.25, 0.3) is 11.1 Å². The van der Waals surface area contributed by atoms with Crippen LogP contribution < -0.4 is 11.1 Å². The Morgan fingerprint density at radius 2 is 2.00 bits per heavy atom. The van der Waals surface area contributed by atoms with Crippen LogP contribution in [0.25, 0.3) is 32.4 Å². The summed E-state index contributed by atoms with van der Waals surface area (Å²) in [5, 5.41) is 0.659. The van der Waals surface area contributed by atoms with Gasteiger partial charge in [-0.15, -0.1) is 0 Å². The molecule has 0 saturated heterocycles. The molecule has 1 aliphatic rings. The minimum Gasteiger partial charge on any atom is -0.319 e. The van der Waals surface area contributed by atoms with E-state index in [1.165, 1.54) is 11.5 Å².